The predicted molar refractivity (Wildman–Crippen MR) is 124 cm³/mol. The third kappa shape index (κ3) is 4.71. The maximum atomic E-state index is 12.9. The Morgan fingerprint density at radius 1 is 1.27 bits per heavy atom. The Labute approximate surface area is 182 Å². The number of hydrogen-bond donors (Lipinski definition) is 2. The number of nitrogens with one attached hydrogen (secondary N) is 2. The second kappa shape index (κ2) is 8.82. The largest absolute Gasteiger partial charge is 0.353 e. The summed E-state index contributed by atoms with van der Waals surface area (Å²) in [4.78, 5) is 23.4. The van der Waals surface area contributed by atoms with Crippen molar-refractivity contribution >= 4 is 28.7 Å². The Bertz CT molecular complexity index is 1010. The van der Waals surface area contributed by atoms with Crippen molar-refractivity contribution in [3.8, 4) is 0 Å². The van der Waals surface area contributed by atoms with Crippen molar-refractivity contribution in [2.75, 3.05) is 6.54 Å². The summed E-state index contributed by atoms with van der Waals surface area (Å²) in [5, 5.41) is 4.36. The molecule has 6 heteroatoms. The molecule has 0 aliphatic carbocycles. The van der Waals surface area contributed by atoms with E-state index in [1.54, 1.807) is 11.8 Å². The van der Waals surface area contributed by atoms with Crippen LogP contribution in [0.15, 0.2) is 47.6 Å². The molecule has 158 valence electrons. The van der Waals surface area contributed by atoms with Gasteiger partial charge in [-0.1, -0.05) is 47.7 Å². The van der Waals surface area contributed by atoms with Gasteiger partial charge in [-0.15, -0.1) is 0 Å². The van der Waals surface area contributed by atoms with Crippen LogP contribution in [0.1, 0.15) is 37.0 Å². The number of aryl methyl sites for hydroxylation is 2. The summed E-state index contributed by atoms with van der Waals surface area (Å²) in [6, 6.07) is 14.7. The Balaban J connectivity index is 1.52. The highest BCUT2D eigenvalue weighted by Gasteiger charge is 2.37. The van der Waals surface area contributed by atoms with Crippen LogP contribution in [0.3, 0.4) is 0 Å². The number of likely N-dealkylation sites (tertiary alicyclic amines) is 1. The Kier molecular flexibility index (Phi) is 6.16. The number of nitrogens with zero attached hydrogens (tertiary/aromatic N) is 2. The van der Waals surface area contributed by atoms with Crippen molar-refractivity contribution in [1.82, 2.24) is 20.2 Å². The maximum Gasteiger partial charge on any atom is 0.237 e. The number of hydrogen-bond acceptors (Lipinski definition) is 4. The van der Waals surface area contributed by atoms with Gasteiger partial charge in [0.25, 0.3) is 0 Å². The van der Waals surface area contributed by atoms with E-state index in [0.717, 1.165) is 35.7 Å². The topological polar surface area (TPSA) is 61.0 Å². The molecule has 3 aromatic rings. The molecule has 0 unspecified atom stereocenters. The van der Waals surface area contributed by atoms with E-state index in [9.17, 15) is 4.79 Å². The van der Waals surface area contributed by atoms with Gasteiger partial charge in [0.2, 0.25) is 5.91 Å². The quantitative estimate of drug-likeness (QED) is 0.617. The minimum Gasteiger partial charge on any atom is -0.353 e. The lowest BCUT2D eigenvalue weighted by molar-refractivity contribution is -0.126. The van der Waals surface area contributed by atoms with Gasteiger partial charge >= 0.3 is 0 Å². The lowest BCUT2D eigenvalue weighted by atomic mass is 10.0. The van der Waals surface area contributed by atoms with E-state index in [4.69, 9.17) is 4.98 Å². The molecule has 5 nitrogen and oxygen atoms in total. The van der Waals surface area contributed by atoms with Crippen LogP contribution < -0.4 is 5.32 Å². The summed E-state index contributed by atoms with van der Waals surface area (Å²) in [5.41, 5.74) is 5.88. The van der Waals surface area contributed by atoms with Crippen LogP contribution in [0.2, 0.25) is 0 Å². The van der Waals surface area contributed by atoms with Gasteiger partial charge in [0.15, 0.2) is 5.16 Å². The number of carbonyl (C=O) groups is 1. The third-order valence-corrected chi connectivity index (χ3v) is 6.71. The third-order valence-electron chi connectivity index (χ3n) is 5.62. The van der Waals surface area contributed by atoms with Crippen molar-refractivity contribution in [1.29, 1.82) is 0 Å². The van der Waals surface area contributed by atoms with Crippen LogP contribution in [0.4, 0.5) is 0 Å². The molecule has 1 saturated heterocycles. The monoisotopic (exact) mass is 422 g/mol. The molecular formula is C24H30N4OS. The van der Waals surface area contributed by atoms with Crippen molar-refractivity contribution in [3.63, 3.8) is 0 Å². The van der Waals surface area contributed by atoms with Crippen molar-refractivity contribution in [3.05, 3.63) is 59.2 Å². The number of benzene rings is 2. The first-order chi connectivity index (χ1) is 14.4. The first-order valence-electron chi connectivity index (χ1n) is 10.6. The number of aromatic amines is 1. The number of carbonyl (C=O) groups excluding carboxylic acids is 1. The summed E-state index contributed by atoms with van der Waals surface area (Å²) in [5.74, 6) is 0.127. The van der Waals surface area contributed by atoms with Crippen molar-refractivity contribution in [2.24, 2.45) is 0 Å². The first-order valence-corrected chi connectivity index (χ1v) is 11.5. The summed E-state index contributed by atoms with van der Waals surface area (Å²) in [6.45, 7) is 9.96. The number of aromatic nitrogens is 2. The minimum absolute atomic E-state index is 0.116. The Morgan fingerprint density at radius 2 is 2.07 bits per heavy atom. The summed E-state index contributed by atoms with van der Waals surface area (Å²) in [7, 11) is 0. The van der Waals surface area contributed by atoms with E-state index in [1.807, 2.05) is 38.1 Å². The number of fused-ring (bicyclic) bond motifs is 1. The molecule has 0 radical (unpaired) electrons. The van der Waals surface area contributed by atoms with E-state index >= 15 is 0 Å². The van der Waals surface area contributed by atoms with E-state index in [-0.39, 0.29) is 18.0 Å². The molecule has 1 aliphatic heterocycles. The number of imidazole rings is 1. The minimum atomic E-state index is -0.116. The second-order valence-corrected chi connectivity index (χ2v) is 9.86. The van der Waals surface area contributed by atoms with Crippen LogP contribution in [0, 0.1) is 13.8 Å². The lowest BCUT2D eigenvalue weighted by Crippen LogP contribution is -2.45. The maximum absolute atomic E-state index is 12.9. The molecular weight excluding hydrogens is 392 g/mol. The van der Waals surface area contributed by atoms with Crippen LogP contribution >= 0.6 is 11.8 Å². The predicted octanol–water partition coefficient (Wildman–Crippen LogP) is 4.44. The molecule has 1 aliphatic rings. The SMILES string of the molecule is Cc1ccc(CN2C[C@@H](Sc3nc4ccccc4[nH]3)C[C@H]2C(=O)NC(C)C)c(C)c1. The average molecular weight is 423 g/mol. The zero-order chi connectivity index (χ0) is 21.3. The average Bonchev–Trinajstić information content (AvgIpc) is 3.27. The number of para-hydroxylation sites is 2. The van der Waals surface area contributed by atoms with E-state index in [1.165, 1.54) is 16.7 Å². The first kappa shape index (κ1) is 20.9. The summed E-state index contributed by atoms with van der Waals surface area (Å²) in [6.07, 6.45) is 0.825. The van der Waals surface area contributed by atoms with E-state index in [2.05, 4.69) is 47.2 Å². The number of rotatable bonds is 6. The van der Waals surface area contributed by atoms with E-state index < -0.39 is 0 Å². The van der Waals surface area contributed by atoms with Gasteiger partial charge in [0.05, 0.1) is 17.1 Å². The molecule has 0 bridgehead atoms. The molecule has 1 fully saturated rings. The highest BCUT2D eigenvalue weighted by molar-refractivity contribution is 7.99. The number of H-pyrrole nitrogens is 1. The van der Waals surface area contributed by atoms with Crippen LogP contribution in [-0.4, -0.2) is 44.7 Å². The molecule has 2 heterocycles. The highest BCUT2D eigenvalue weighted by atomic mass is 32.2. The molecule has 2 aromatic carbocycles. The zero-order valence-electron chi connectivity index (χ0n) is 18.1. The second-order valence-electron chi connectivity index (χ2n) is 8.57. The molecule has 0 spiro atoms. The van der Waals surface area contributed by atoms with Gasteiger partial charge < -0.3 is 10.3 Å². The molecule has 1 amide bonds. The van der Waals surface area contributed by atoms with E-state index in [0.29, 0.717) is 5.25 Å². The smallest absolute Gasteiger partial charge is 0.237 e. The standard InChI is InChI=1S/C24H30N4OS/c1-15(2)25-23(29)22-12-19(30-24-26-20-7-5-6-8-21(20)27-24)14-28(22)13-18-10-9-16(3)11-17(18)4/h5-11,15,19,22H,12-14H2,1-4H3,(H,25,29)(H,26,27)/t19-,22-/m0/s1. The zero-order valence-corrected chi connectivity index (χ0v) is 18.9. The molecule has 2 N–H and O–H groups in total. The van der Waals surface area contributed by atoms with Crippen LogP contribution in [-0.2, 0) is 11.3 Å². The van der Waals surface area contributed by atoms with Gasteiger partial charge in [0, 0.05) is 24.4 Å². The van der Waals surface area contributed by atoms with Crippen LogP contribution in [0.5, 0.6) is 0 Å². The fourth-order valence-electron chi connectivity index (χ4n) is 4.16. The van der Waals surface area contributed by atoms with Crippen LogP contribution in [0.25, 0.3) is 11.0 Å². The van der Waals surface area contributed by atoms with Gasteiger partial charge in [-0.2, -0.15) is 0 Å². The molecule has 0 saturated carbocycles. The number of thioether (sulfide) groups is 1. The van der Waals surface area contributed by atoms with Crippen molar-refractivity contribution < 1.29 is 4.79 Å². The van der Waals surface area contributed by atoms with Gasteiger partial charge in [-0.25, -0.2) is 4.98 Å². The molecule has 1 aromatic heterocycles. The molecule has 30 heavy (non-hydrogen) atoms. The Morgan fingerprint density at radius 3 is 2.80 bits per heavy atom. The molecule has 2 atom stereocenters. The fraction of sp³-hybridized carbons (Fsp3) is 0.417. The number of amides is 1. The Hall–Kier alpha value is -2.31. The van der Waals surface area contributed by atoms with Gasteiger partial charge in [0.1, 0.15) is 0 Å². The molecule has 4 rings (SSSR count). The van der Waals surface area contributed by atoms with Gasteiger partial charge in [-0.3, -0.25) is 9.69 Å². The fourth-order valence-corrected chi connectivity index (χ4v) is 5.34. The summed E-state index contributed by atoms with van der Waals surface area (Å²) < 4.78 is 0. The highest BCUT2D eigenvalue weighted by Crippen LogP contribution is 2.34. The lowest BCUT2D eigenvalue weighted by Gasteiger charge is -2.25. The van der Waals surface area contributed by atoms with Gasteiger partial charge in [-0.05, 0) is 57.4 Å². The van der Waals surface area contributed by atoms with Crippen molar-refractivity contribution in [2.45, 2.75) is 63.2 Å². The summed E-state index contributed by atoms with van der Waals surface area (Å²) >= 11 is 1.75. The normalized spacial score (nSPS) is 19.6.